The highest BCUT2D eigenvalue weighted by atomic mass is 35.5. The molecule has 2 aliphatic carbocycles. The third-order valence-electron chi connectivity index (χ3n) is 5.03. The Bertz CT molecular complexity index is 551. The molecule has 0 atom stereocenters. The SMILES string of the molecule is O=C(O)C1CCC(NC2CC(F)(c3cccc(Cl)c3)C2)CC1. The normalized spacial score (nSPS) is 34.9. The Balaban J connectivity index is 1.49. The average molecular weight is 326 g/mol. The first kappa shape index (κ1) is 15.8. The first-order valence-electron chi connectivity index (χ1n) is 7.90. The highest BCUT2D eigenvalue weighted by Gasteiger charge is 2.46. The fraction of sp³-hybridized carbons (Fsp3) is 0.588. The maximum atomic E-state index is 14.8. The van der Waals surface area contributed by atoms with Gasteiger partial charge >= 0.3 is 5.97 Å². The van der Waals surface area contributed by atoms with Gasteiger partial charge < -0.3 is 10.4 Å². The molecule has 0 bridgehead atoms. The van der Waals surface area contributed by atoms with Crippen molar-refractivity contribution in [2.45, 2.75) is 56.3 Å². The summed E-state index contributed by atoms with van der Waals surface area (Å²) >= 11 is 5.93. The lowest BCUT2D eigenvalue weighted by molar-refractivity contribution is -0.142. The summed E-state index contributed by atoms with van der Waals surface area (Å²) < 4.78 is 14.8. The van der Waals surface area contributed by atoms with Crippen LogP contribution in [0.2, 0.25) is 5.02 Å². The second kappa shape index (κ2) is 6.17. The smallest absolute Gasteiger partial charge is 0.306 e. The summed E-state index contributed by atoms with van der Waals surface area (Å²) in [6.45, 7) is 0. The number of alkyl halides is 1. The standard InChI is InChI=1S/C17H21ClFNO2/c18-13-3-1-2-12(8-13)17(19)9-15(10-17)20-14-6-4-11(5-7-14)16(21)22/h1-3,8,11,14-15,20H,4-7,9-10H2,(H,21,22). The Morgan fingerprint density at radius 3 is 2.50 bits per heavy atom. The van der Waals surface area contributed by atoms with Crippen molar-refractivity contribution in [2.75, 3.05) is 0 Å². The maximum absolute atomic E-state index is 14.8. The molecule has 0 heterocycles. The monoisotopic (exact) mass is 325 g/mol. The Hall–Kier alpha value is -1.13. The molecule has 1 aromatic carbocycles. The molecule has 1 aromatic rings. The van der Waals surface area contributed by atoms with Crippen LogP contribution in [0.5, 0.6) is 0 Å². The van der Waals surface area contributed by atoms with Crippen LogP contribution in [0.4, 0.5) is 4.39 Å². The number of carbonyl (C=O) groups is 1. The van der Waals surface area contributed by atoms with E-state index in [0.717, 1.165) is 25.7 Å². The maximum Gasteiger partial charge on any atom is 0.306 e. The molecule has 2 saturated carbocycles. The molecule has 0 spiro atoms. The molecule has 22 heavy (non-hydrogen) atoms. The van der Waals surface area contributed by atoms with Gasteiger partial charge in [0.1, 0.15) is 5.67 Å². The van der Waals surface area contributed by atoms with Crippen LogP contribution in [-0.2, 0) is 10.5 Å². The van der Waals surface area contributed by atoms with Gasteiger partial charge in [-0.2, -0.15) is 0 Å². The molecule has 2 aliphatic rings. The van der Waals surface area contributed by atoms with Crippen molar-refractivity contribution in [1.82, 2.24) is 5.32 Å². The lowest BCUT2D eigenvalue weighted by Crippen LogP contribution is -2.53. The number of carboxylic acid groups (broad SMARTS) is 1. The van der Waals surface area contributed by atoms with E-state index in [2.05, 4.69) is 5.32 Å². The molecule has 3 nitrogen and oxygen atoms in total. The van der Waals surface area contributed by atoms with Crippen molar-refractivity contribution in [3.8, 4) is 0 Å². The zero-order chi connectivity index (χ0) is 15.7. The molecule has 0 unspecified atom stereocenters. The molecule has 120 valence electrons. The van der Waals surface area contributed by atoms with Crippen molar-refractivity contribution >= 4 is 17.6 Å². The molecular weight excluding hydrogens is 305 g/mol. The van der Waals surface area contributed by atoms with E-state index in [1.54, 1.807) is 24.3 Å². The van der Waals surface area contributed by atoms with Crippen molar-refractivity contribution in [3.63, 3.8) is 0 Å². The molecule has 3 rings (SSSR count). The molecule has 5 heteroatoms. The number of halogens is 2. The minimum Gasteiger partial charge on any atom is -0.481 e. The molecule has 0 amide bonds. The van der Waals surface area contributed by atoms with Gasteiger partial charge in [0.05, 0.1) is 5.92 Å². The number of rotatable bonds is 4. The van der Waals surface area contributed by atoms with Gasteiger partial charge in [-0.1, -0.05) is 23.7 Å². The quantitative estimate of drug-likeness (QED) is 0.882. The van der Waals surface area contributed by atoms with E-state index in [1.165, 1.54) is 0 Å². The first-order chi connectivity index (χ1) is 10.5. The minimum atomic E-state index is -1.28. The van der Waals surface area contributed by atoms with E-state index in [-0.39, 0.29) is 12.0 Å². The molecular formula is C17H21ClFNO2. The summed E-state index contributed by atoms with van der Waals surface area (Å²) in [4.78, 5) is 10.9. The highest BCUT2D eigenvalue weighted by Crippen LogP contribution is 2.46. The van der Waals surface area contributed by atoms with Gasteiger partial charge in [-0.05, 0) is 43.4 Å². The third kappa shape index (κ3) is 3.28. The van der Waals surface area contributed by atoms with Gasteiger partial charge in [0.25, 0.3) is 0 Å². The fourth-order valence-corrected chi connectivity index (χ4v) is 3.87. The predicted molar refractivity (Wildman–Crippen MR) is 83.8 cm³/mol. The summed E-state index contributed by atoms with van der Waals surface area (Å²) in [5, 5.41) is 13.1. The molecule has 2 fully saturated rings. The lowest BCUT2D eigenvalue weighted by Gasteiger charge is -2.44. The zero-order valence-corrected chi connectivity index (χ0v) is 13.2. The van der Waals surface area contributed by atoms with Crippen molar-refractivity contribution < 1.29 is 14.3 Å². The zero-order valence-electron chi connectivity index (χ0n) is 12.4. The van der Waals surface area contributed by atoms with Crippen molar-refractivity contribution in [1.29, 1.82) is 0 Å². The highest BCUT2D eigenvalue weighted by molar-refractivity contribution is 6.30. The molecule has 0 aromatic heterocycles. The Kier molecular flexibility index (Phi) is 4.42. The number of nitrogens with one attached hydrogen (secondary N) is 1. The van der Waals surface area contributed by atoms with Gasteiger partial charge in [-0.15, -0.1) is 0 Å². The Labute approximate surface area is 134 Å². The summed E-state index contributed by atoms with van der Waals surface area (Å²) in [5.74, 6) is -0.892. The number of carboxylic acids is 1. The van der Waals surface area contributed by atoms with E-state index < -0.39 is 11.6 Å². The van der Waals surface area contributed by atoms with Crippen LogP contribution in [-0.4, -0.2) is 23.2 Å². The number of hydrogen-bond donors (Lipinski definition) is 2. The van der Waals surface area contributed by atoms with E-state index in [1.807, 2.05) is 0 Å². The summed E-state index contributed by atoms with van der Waals surface area (Å²) in [6.07, 6.45) is 4.09. The van der Waals surface area contributed by atoms with Gasteiger partial charge in [0.15, 0.2) is 0 Å². The lowest BCUT2D eigenvalue weighted by atomic mass is 9.72. The van der Waals surface area contributed by atoms with Gasteiger partial charge in [0.2, 0.25) is 0 Å². The van der Waals surface area contributed by atoms with Crippen molar-refractivity contribution in [2.24, 2.45) is 5.92 Å². The van der Waals surface area contributed by atoms with Crippen molar-refractivity contribution in [3.05, 3.63) is 34.9 Å². The van der Waals surface area contributed by atoms with Crippen LogP contribution in [0.25, 0.3) is 0 Å². The van der Waals surface area contributed by atoms with Crippen LogP contribution in [0.1, 0.15) is 44.1 Å². The third-order valence-corrected chi connectivity index (χ3v) is 5.26. The topological polar surface area (TPSA) is 49.3 Å². The summed E-state index contributed by atoms with van der Waals surface area (Å²) in [6, 6.07) is 7.53. The summed E-state index contributed by atoms with van der Waals surface area (Å²) in [5.41, 5.74) is -0.617. The largest absolute Gasteiger partial charge is 0.481 e. The summed E-state index contributed by atoms with van der Waals surface area (Å²) in [7, 11) is 0. The number of benzene rings is 1. The number of hydrogen-bond acceptors (Lipinski definition) is 2. The van der Waals surface area contributed by atoms with Crippen LogP contribution in [0.3, 0.4) is 0 Å². The first-order valence-corrected chi connectivity index (χ1v) is 8.28. The Morgan fingerprint density at radius 1 is 1.23 bits per heavy atom. The van der Waals surface area contributed by atoms with Crippen LogP contribution < -0.4 is 5.32 Å². The molecule has 0 aliphatic heterocycles. The van der Waals surface area contributed by atoms with E-state index in [0.29, 0.717) is 29.5 Å². The minimum absolute atomic E-state index is 0.176. The van der Waals surface area contributed by atoms with Crippen LogP contribution in [0.15, 0.2) is 24.3 Å². The average Bonchev–Trinajstić information content (AvgIpc) is 2.46. The molecule has 2 N–H and O–H groups in total. The molecule has 0 radical (unpaired) electrons. The fourth-order valence-electron chi connectivity index (χ4n) is 3.68. The Morgan fingerprint density at radius 2 is 1.91 bits per heavy atom. The predicted octanol–water partition coefficient (Wildman–Crippen LogP) is 3.90. The second-order valence-corrected chi connectivity index (χ2v) is 7.07. The van der Waals surface area contributed by atoms with Crippen LogP contribution in [0, 0.1) is 5.92 Å². The number of aliphatic carboxylic acids is 1. The van der Waals surface area contributed by atoms with E-state index in [4.69, 9.17) is 16.7 Å². The van der Waals surface area contributed by atoms with Gasteiger partial charge in [-0.25, -0.2) is 4.39 Å². The van der Waals surface area contributed by atoms with Crippen LogP contribution >= 0.6 is 11.6 Å². The van der Waals surface area contributed by atoms with E-state index >= 15 is 0 Å². The van der Waals surface area contributed by atoms with Gasteiger partial charge in [0, 0.05) is 29.9 Å². The van der Waals surface area contributed by atoms with Gasteiger partial charge in [-0.3, -0.25) is 4.79 Å². The molecule has 0 saturated heterocycles. The second-order valence-electron chi connectivity index (χ2n) is 6.63. The van der Waals surface area contributed by atoms with E-state index in [9.17, 15) is 9.18 Å².